The smallest absolute Gasteiger partial charge is 0.420 e. The second-order valence-electron chi connectivity index (χ2n) is 9.49. The Morgan fingerprint density at radius 2 is 1.69 bits per heavy atom. The highest BCUT2D eigenvalue weighted by molar-refractivity contribution is 9.10. The fourth-order valence-corrected chi connectivity index (χ4v) is 3.95. The summed E-state index contributed by atoms with van der Waals surface area (Å²) in [7, 11) is 1.47. The molecule has 9 heteroatoms. The van der Waals surface area contributed by atoms with Gasteiger partial charge in [0.15, 0.2) is 11.4 Å². The SMILES string of the molecule is COc1c(NC(=O)OC(C)(C)C)cc(Br)c2c3cc(C)cnc3n(C(=O)OC(C)(C)C)c12. The molecule has 2 aromatic heterocycles. The van der Waals surface area contributed by atoms with E-state index in [2.05, 4.69) is 26.2 Å². The number of pyridine rings is 1. The molecule has 2 heterocycles. The van der Waals surface area contributed by atoms with E-state index in [-0.39, 0.29) is 5.75 Å². The maximum atomic E-state index is 13.3. The van der Waals surface area contributed by atoms with Crippen LogP contribution in [0.25, 0.3) is 21.9 Å². The predicted octanol–water partition coefficient (Wildman–Crippen LogP) is 6.40. The largest absolute Gasteiger partial charge is 0.492 e. The van der Waals surface area contributed by atoms with Gasteiger partial charge in [0.2, 0.25) is 0 Å². The normalized spacial score (nSPS) is 12.2. The Balaban J connectivity index is 2.33. The zero-order chi connectivity index (χ0) is 24.0. The van der Waals surface area contributed by atoms with Crippen LogP contribution in [0.2, 0.25) is 0 Å². The molecule has 0 bridgehead atoms. The molecule has 0 aliphatic heterocycles. The first-order valence-electron chi connectivity index (χ1n) is 10.1. The molecule has 32 heavy (non-hydrogen) atoms. The lowest BCUT2D eigenvalue weighted by Gasteiger charge is -2.22. The summed E-state index contributed by atoms with van der Waals surface area (Å²) in [5.41, 5.74) is 0.726. The first-order chi connectivity index (χ1) is 14.7. The van der Waals surface area contributed by atoms with Crippen LogP contribution in [0.4, 0.5) is 15.3 Å². The number of ether oxygens (including phenoxy) is 3. The molecule has 1 amide bonds. The summed E-state index contributed by atoms with van der Waals surface area (Å²) in [6.07, 6.45) is 0.437. The fraction of sp³-hybridized carbons (Fsp3) is 0.435. The summed E-state index contributed by atoms with van der Waals surface area (Å²) >= 11 is 3.59. The van der Waals surface area contributed by atoms with Gasteiger partial charge >= 0.3 is 12.2 Å². The molecule has 3 rings (SSSR count). The van der Waals surface area contributed by atoms with Crippen LogP contribution >= 0.6 is 15.9 Å². The first-order valence-corrected chi connectivity index (χ1v) is 10.9. The van der Waals surface area contributed by atoms with E-state index in [9.17, 15) is 9.59 Å². The van der Waals surface area contributed by atoms with E-state index in [4.69, 9.17) is 14.2 Å². The lowest BCUT2D eigenvalue weighted by Crippen LogP contribution is -2.28. The summed E-state index contributed by atoms with van der Waals surface area (Å²) in [4.78, 5) is 30.2. The molecule has 3 aromatic rings. The summed E-state index contributed by atoms with van der Waals surface area (Å²) in [5, 5.41) is 4.19. The highest BCUT2D eigenvalue weighted by Crippen LogP contribution is 2.44. The summed E-state index contributed by atoms with van der Waals surface area (Å²) in [6, 6.07) is 3.66. The number of aryl methyl sites for hydroxylation is 1. The number of halogens is 1. The van der Waals surface area contributed by atoms with Crippen LogP contribution in [0.5, 0.6) is 5.75 Å². The molecular formula is C23H28BrN3O5. The van der Waals surface area contributed by atoms with Gasteiger partial charge < -0.3 is 14.2 Å². The van der Waals surface area contributed by atoms with E-state index >= 15 is 0 Å². The number of fused-ring (bicyclic) bond motifs is 3. The van der Waals surface area contributed by atoms with Gasteiger partial charge in [-0.1, -0.05) is 0 Å². The van der Waals surface area contributed by atoms with Gasteiger partial charge in [-0.15, -0.1) is 0 Å². The molecule has 8 nitrogen and oxygen atoms in total. The number of benzene rings is 1. The van der Waals surface area contributed by atoms with Crippen molar-refractivity contribution in [2.75, 3.05) is 12.4 Å². The van der Waals surface area contributed by atoms with E-state index in [0.29, 0.717) is 26.7 Å². The highest BCUT2D eigenvalue weighted by atomic mass is 79.9. The molecule has 0 saturated carbocycles. The number of hydrogen-bond acceptors (Lipinski definition) is 6. The zero-order valence-corrected chi connectivity index (χ0v) is 21.1. The molecule has 0 aliphatic carbocycles. The van der Waals surface area contributed by atoms with Crippen LogP contribution in [-0.4, -0.2) is 40.0 Å². The number of carbonyl (C=O) groups excluding carboxylic acids is 2. The maximum absolute atomic E-state index is 13.3. The van der Waals surface area contributed by atoms with Gasteiger partial charge in [0.05, 0.1) is 12.8 Å². The number of carbonyl (C=O) groups is 2. The molecule has 0 unspecified atom stereocenters. The van der Waals surface area contributed by atoms with Gasteiger partial charge in [-0.25, -0.2) is 19.1 Å². The Bertz CT molecular complexity index is 1220. The number of rotatable bonds is 2. The van der Waals surface area contributed by atoms with Crippen molar-refractivity contribution in [1.82, 2.24) is 9.55 Å². The Kier molecular flexibility index (Phi) is 6.16. The number of hydrogen-bond donors (Lipinski definition) is 1. The van der Waals surface area contributed by atoms with Crippen molar-refractivity contribution in [3.63, 3.8) is 0 Å². The van der Waals surface area contributed by atoms with Crippen LogP contribution in [0.15, 0.2) is 22.8 Å². The molecule has 172 valence electrons. The third-order valence-corrected chi connectivity index (χ3v) is 4.96. The van der Waals surface area contributed by atoms with Crippen LogP contribution in [-0.2, 0) is 9.47 Å². The van der Waals surface area contributed by atoms with Gasteiger partial charge in [0, 0.05) is 21.4 Å². The molecule has 0 radical (unpaired) electrons. The summed E-state index contributed by atoms with van der Waals surface area (Å²) < 4.78 is 18.7. The molecule has 0 spiro atoms. The number of anilines is 1. The number of methoxy groups -OCH3 is 1. The molecule has 0 fully saturated rings. The number of nitrogens with one attached hydrogen (secondary N) is 1. The van der Waals surface area contributed by atoms with Gasteiger partial charge in [-0.05, 0) is 82.1 Å². The minimum Gasteiger partial charge on any atom is -0.492 e. The quantitative estimate of drug-likeness (QED) is 0.433. The standard InChI is InChI=1S/C23H28BrN3O5/c1-12-9-13-16-14(24)10-15(26-20(28)31-22(2,3)4)18(30-8)17(16)27(19(13)25-11-12)21(29)32-23(5,6)7/h9-11H,1-8H3,(H,26,28). The molecule has 1 N–H and O–H groups in total. The van der Waals surface area contributed by atoms with Gasteiger partial charge in [0.25, 0.3) is 0 Å². The third-order valence-electron chi connectivity index (χ3n) is 4.33. The second-order valence-corrected chi connectivity index (χ2v) is 10.3. The van der Waals surface area contributed by atoms with E-state index in [1.807, 2.05) is 13.0 Å². The average molecular weight is 506 g/mol. The lowest BCUT2D eigenvalue weighted by molar-refractivity contribution is 0.0549. The van der Waals surface area contributed by atoms with Crippen molar-refractivity contribution in [1.29, 1.82) is 0 Å². The van der Waals surface area contributed by atoms with Crippen LogP contribution in [0, 0.1) is 6.92 Å². The van der Waals surface area contributed by atoms with E-state index in [1.54, 1.807) is 53.8 Å². The number of aromatic nitrogens is 2. The zero-order valence-electron chi connectivity index (χ0n) is 19.5. The Labute approximate surface area is 195 Å². The molecule has 0 aliphatic rings. The molecule has 1 aromatic carbocycles. The molecule has 0 atom stereocenters. The van der Waals surface area contributed by atoms with E-state index < -0.39 is 23.4 Å². The third kappa shape index (κ3) is 4.82. The van der Waals surface area contributed by atoms with Crippen molar-refractivity contribution >= 4 is 55.7 Å². The maximum Gasteiger partial charge on any atom is 0.420 e. The second kappa shape index (κ2) is 8.27. The topological polar surface area (TPSA) is 91.7 Å². The molecule has 0 saturated heterocycles. The van der Waals surface area contributed by atoms with Crippen molar-refractivity contribution in [2.24, 2.45) is 0 Å². The van der Waals surface area contributed by atoms with E-state index in [1.165, 1.54) is 11.7 Å². The van der Waals surface area contributed by atoms with Crippen molar-refractivity contribution in [3.05, 3.63) is 28.4 Å². The van der Waals surface area contributed by atoms with Crippen LogP contribution in [0.1, 0.15) is 47.1 Å². The molecular weight excluding hydrogens is 478 g/mol. The Morgan fingerprint density at radius 3 is 2.25 bits per heavy atom. The minimum atomic E-state index is -0.721. The van der Waals surface area contributed by atoms with E-state index in [0.717, 1.165) is 10.9 Å². The summed E-state index contributed by atoms with van der Waals surface area (Å²) in [6.45, 7) is 12.6. The fourth-order valence-electron chi connectivity index (χ4n) is 3.32. The Hall–Kier alpha value is -2.81. The van der Waals surface area contributed by atoms with Crippen molar-refractivity contribution in [2.45, 2.75) is 59.7 Å². The minimum absolute atomic E-state index is 0.288. The van der Waals surface area contributed by atoms with Gasteiger partial charge in [-0.2, -0.15) is 0 Å². The van der Waals surface area contributed by atoms with Gasteiger partial charge in [-0.3, -0.25) is 5.32 Å². The van der Waals surface area contributed by atoms with Crippen molar-refractivity contribution in [3.8, 4) is 5.75 Å². The monoisotopic (exact) mass is 505 g/mol. The summed E-state index contributed by atoms with van der Waals surface area (Å²) in [5.74, 6) is 0.288. The predicted molar refractivity (Wildman–Crippen MR) is 128 cm³/mol. The number of nitrogens with zero attached hydrogens (tertiary/aromatic N) is 2. The van der Waals surface area contributed by atoms with Crippen LogP contribution < -0.4 is 10.1 Å². The Morgan fingerprint density at radius 1 is 1.06 bits per heavy atom. The first kappa shape index (κ1) is 23.8. The van der Waals surface area contributed by atoms with Crippen molar-refractivity contribution < 1.29 is 23.8 Å². The van der Waals surface area contributed by atoms with Gasteiger partial charge in [0.1, 0.15) is 16.7 Å². The van der Waals surface area contributed by atoms with Crippen LogP contribution in [0.3, 0.4) is 0 Å². The lowest BCUT2D eigenvalue weighted by atomic mass is 10.1. The average Bonchev–Trinajstić information content (AvgIpc) is 2.93. The highest BCUT2D eigenvalue weighted by Gasteiger charge is 2.29. The number of amides is 1.